The molecule has 0 aromatic heterocycles. The molecule has 8 nitrogen and oxygen atoms in total. The molecule has 6 rings (SSSR count). The minimum atomic E-state index is -0.621. The van der Waals surface area contributed by atoms with Crippen LogP contribution in [0.5, 0.6) is 23.0 Å². The second-order valence-electron chi connectivity index (χ2n) is 12.9. The highest BCUT2D eigenvalue weighted by Gasteiger charge is 2.51. The maximum Gasteiger partial charge on any atom is 0.338 e. The molecule has 0 saturated carbocycles. The molecular formula is C42H46O8. The van der Waals surface area contributed by atoms with E-state index in [0.29, 0.717) is 22.6 Å². The molecular weight excluding hydrogens is 632 g/mol. The largest absolute Gasteiger partial charge is 0.457 e. The summed E-state index contributed by atoms with van der Waals surface area (Å²) in [5.41, 5.74) is 3.37. The van der Waals surface area contributed by atoms with Gasteiger partial charge in [0.15, 0.2) is 12.2 Å². The van der Waals surface area contributed by atoms with Gasteiger partial charge < -0.3 is 28.4 Å². The van der Waals surface area contributed by atoms with E-state index in [1.807, 2.05) is 24.3 Å². The normalized spacial score (nSPS) is 19.5. The fraction of sp³-hybridized carbons (Fsp3) is 0.381. The summed E-state index contributed by atoms with van der Waals surface area (Å²) < 4.78 is 35.3. The Morgan fingerprint density at radius 1 is 0.520 bits per heavy atom. The SMILES string of the molecule is CCCCCc1ccc(Oc2ccc(C(=O)O[C@H]3CO[C@@H]4[C@H]3OC[C@H]4OC(=O)c3ccc(Oc4ccc(CCCCC)cc4)cc3)cc2)cc1. The third-order valence-corrected chi connectivity index (χ3v) is 9.12. The molecule has 50 heavy (non-hydrogen) atoms. The summed E-state index contributed by atoms with van der Waals surface area (Å²) in [6.45, 7) is 4.70. The molecule has 0 unspecified atom stereocenters. The Morgan fingerprint density at radius 3 is 1.20 bits per heavy atom. The first-order chi connectivity index (χ1) is 24.5. The lowest BCUT2D eigenvalue weighted by atomic mass is 10.1. The number of rotatable bonds is 16. The van der Waals surface area contributed by atoms with Crippen LogP contribution in [0.4, 0.5) is 0 Å². The van der Waals surface area contributed by atoms with E-state index >= 15 is 0 Å². The number of carbonyl (C=O) groups is 2. The number of unbranched alkanes of at least 4 members (excludes halogenated alkanes) is 4. The molecule has 4 aromatic carbocycles. The van der Waals surface area contributed by atoms with Gasteiger partial charge in [-0.15, -0.1) is 0 Å². The molecule has 0 N–H and O–H groups in total. The van der Waals surface area contributed by atoms with Crippen molar-refractivity contribution in [3.8, 4) is 23.0 Å². The number of esters is 2. The van der Waals surface area contributed by atoms with Gasteiger partial charge in [-0.25, -0.2) is 9.59 Å². The van der Waals surface area contributed by atoms with Crippen LogP contribution >= 0.6 is 0 Å². The first-order valence-electron chi connectivity index (χ1n) is 17.9. The van der Waals surface area contributed by atoms with Crippen molar-refractivity contribution >= 4 is 11.9 Å². The zero-order valence-electron chi connectivity index (χ0n) is 28.9. The lowest BCUT2D eigenvalue weighted by Crippen LogP contribution is -2.36. The Kier molecular flexibility index (Phi) is 12.2. The third-order valence-electron chi connectivity index (χ3n) is 9.12. The minimum absolute atomic E-state index is 0.149. The molecule has 0 spiro atoms. The van der Waals surface area contributed by atoms with Crippen LogP contribution in [0.2, 0.25) is 0 Å². The lowest BCUT2D eigenvalue weighted by Gasteiger charge is -2.17. The van der Waals surface area contributed by atoms with E-state index in [4.69, 9.17) is 28.4 Å². The minimum Gasteiger partial charge on any atom is -0.457 e. The van der Waals surface area contributed by atoms with E-state index in [-0.39, 0.29) is 13.2 Å². The van der Waals surface area contributed by atoms with Gasteiger partial charge in [-0.1, -0.05) is 63.8 Å². The van der Waals surface area contributed by atoms with Crippen LogP contribution in [0.15, 0.2) is 97.1 Å². The van der Waals surface area contributed by atoms with Crippen LogP contribution in [0.1, 0.15) is 84.2 Å². The average Bonchev–Trinajstić information content (AvgIpc) is 3.73. The Hall–Kier alpha value is -4.66. The predicted octanol–water partition coefficient (Wildman–Crippen LogP) is 9.29. The van der Waals surface area contributed by atoms with Crippen LogP contribution < -0.4 is 9.47 Å². The maximum absolute atomic E-state index is 13.0. The van der Waals surface area contributed by atoms with Crippen LogP contribution in [0, 0.1) is 0 Å². The number of benzene rings is 4. The van der Waals surface area contributed by atoms with E-state index < -0.39 is 36.4 Å². The molecule has 0 amide bonds. The smallest absolute Gasteiger partial charge is 0.338 e. The van der Waals surface area contributed by atoms with Gasteiger partial charge in [0.25, 0.3) is 0 Å². The van der Waals surface area contributed by atoms with Crippen molar-refractivity contribution in [3.63, 3.8) is 0 Å². The van der Waals surface area contributed by atoms with Gasteiger partial charge in [-0.2, -0.15) is 0 Å². The average molecular weight is 679 g/mol. The molecule has 2 saturated heterocycles. The molecule has 2 heterocycles. The van der Waals surface area contributed by atoms with Crippen molar-refractivity contribution in [1.82, 2.24) is 0 Å². The molecule has 2 aliphatic rings. The van der Waals surface area contributed by atoms with Gasteiger partial charge in [0, 0.05) is 0 Å². The third kappa shape index (κ3) is 9.31. The molecule has 0 aliphatic carbocycles. The highest BCUT2D eigenvalue weighted by atomic mass is 16.7. The molecule has 262 valence electrons. The summed E-state index contributed by atoms with van der Waals surface area (Å²) in [4.78, 5) is 26.0. The van der Waals surface area contributed by atoms with Crippen molar-refractivity contribution in [3.05, 3.63) is 119 Å². The first-order valence-corrected chi connectivity index (χ1v) is 17.9. The topological polar surface area (TPSA) is 89.5 Å². The summed E-state index contributed by atoms with van der Waals surface area (Å²) >= 11 is 0. The molecule has 4 aromatic rings. The van der Waals surface area contributed by atoms with Crippen molar-refractivity contribution < 1.29 is 38.0 Å². The fourth-order valence-electron chi connectivity index (χ4n) is 6.24. The number of carbonyl (C=O) groups excluding carboxylic acids is 2. The first kappa shape index (κ1) is 35.2. The Morgan fingerprint density at radius 2 is 0.860 bits per heavy atom. The molecule has 2 aliphatic heterocycles. The highest BCUT2D eigenvalue weighted by molar-refractivity contribution is 5.90. The zero-order chi connectivity index (χ0) is 34.7. The van der Waals surface area contributed by atoms with Gasteiger partial charge in [-0.05, 0) is 110 Å². The van der Waals surface area contributed by atoms with Crippen LogP contribution in [-0.2, 0) is 31.8 Å². The van der Waals surface area contributed by atoms with Crippen molar-refractivity contribution in [2.24, 2.45) is 0 Å². The van der Waals surface area contributed by atoms with E-state index in [2.05, 4.69) is 38.1 Å². The maximum atomic E-state index is 13.0. The van der Waals surface area contributed by atoms with E-state index in [1.54, 1.807) is 48.5 Å². The number of hydrogen-bond acceptors (Lipinski definition) is 8. The predicted molar refractivity (Wildman–Crippen MR) is 190 cm³/mol. The Balaban J connectivity index is 0.949. The van der Waals surface area contributed by atoms with E-state index in [1.165, 1.54) is 49.7 Å². The van der Waals surface area contributed by atoms with Crippen LogP contribution in [0.3, 0.4) is 0 Å². The summed E-state index contributed by atoms with van der Waals surface area (Å²) in [5.74, 6) is 1.75. The second-order valence-corrected chi connectivity index (χ2v) is 12.9. The molecule has 0 radical (unpaired) electrons. The highest BCUT2D eigenvalue weighted by Crippen LogP contribution is 2.32. The van der Waals surface area contributed by atoms with Crippen LogP contribution in [0.25, 0.3) is 0 Å². The standard InChI is InChI=1S/C42H46O8/c1-3-5-7-9-29-11-19-33(20-12-29)47-35-23-15-31(16-24-35)41(43)49-37-27-45-40-38(28-46-39(37)40)50-42(44)32-17-25-36(26-18-32)48-34-21-13-30(14-22-34)10-8-6-4-2/h11-26,37-40H,3-10,27-28H2,1-2H3/t37-,38+,39-,40-/m0/s1. The Labute approximate surface area is 294 Å². The molecule has 0 bridgehead atoms. The number of aryl methyl sites for hydroxylation is 2. The monoisotopic (exact) mass is 678 g/mol. The second kappa shape index (κ2) is 17.3. The van der Waals surface area contributed by atoms with Crippen molar-refractivity contribution in [1.29, 1.82) is 0 Å². The van der Waals surface area contributed by atoms with Gasteiger partial charge in [0.1, 0.15) is 35.2 Å². The number of ether oxygens (including phenoxy) is 6. The summed E-state index contributed by atoms with van der Waals surface area (Å²) in [5, 5.41) is 0. The van der Waals surface area contributed by atoms with Gasteiger partial charge in [-0.3, -0.25) is 0 Å². The molecule has 8 heteroatoms. The fourth-order valence-corrected chi connectivity index (χ4v) is 6.24. The number of fused-ring (bicyclic) bond motifs is 1. The molecule has 2 fully saturated rings. The summed E-state index contributed by atoms with van der Waals surface area (Å²) in [6.07, 6.45) is 7.07. The van der Waals surface area contributed by atoms with E-state index in [0.717, 1.165) is 24.3 Å². The van der Waals surface area contributed by atoms with E-state index in [9.17, 15) is 9.59 Å². The van der Waals surface area contributed by atoms with Gasteiger partial charge >= 0.3 is 11.9 Å². The molecule has 4 atom stereocenters. The zero-order valence-corrected chi connectivity index (χ0v) is 28.9. The number of hydrogen-bond donors (Lipinski definition) is 0. The summed E-state index contributed by atoms with van der Waals surface area (Å²) in [6, 6.07) is 29.9. The van der Waals surface area contributed by atoms with Gasteiger partial charge in [0.2, 0.25) is 0 Å². The summed E-state index contributed by atoms with van der Waals surface area (Å²) in [7, 11) is 0. The van der Waals surface area contributed by atoms with Gasteiger partial charge in [0.05, 0.1) is 24.3 Å². The lowest BCUT2D eigenvalue weighted by molar-refractivity contribution is -0.0287. The van der Waals surface area contributed by atoms with Crippen molar-refractivity contribution in [2.75, 3.05) is 13.2 Å². The Bertz CT molecular complexity index is 1540. The van der Waals surface area contributed by atoms with Crippen LogP contribution in [-0.4, -0.2) is 49.6 Å². The quantitative estimate of drug-likeness (QED) is 0.0856. The van der Waals surface area contributed by atoms with Crippen molar-refractivity contribution in [2.45, 2.75) is 89.6 Å².